The Morgan fingerprint density at radius 3 is 2.55 bits per heavy atom. The van der Waals surface area contributed by atoms with E-state index in [-0.39, 0.29) is 41.6 Å². The van der Waals surface area contributed by atoms with Crippen LogP contribution in [0.2, 0.25) is 10.0 Å². The van der Waals surface area contributed by atoms with Crippen LogP contribution in [0.1, 0.15) is 63.6 Å². The van der Waals surface area contributed by atoms with Gasteiger partial charge in [-0.1, -0.05) is 29.3 Å². The number of pyridine rings is 1. The molecule has 3 aromatic rings. The monoisotopic (exact) mass is 593 g/mol. The Bertz CT molecular complexity index is 1500. The van der Waals surface area contributed by atoms with E-state index in [9.17, 15) is 28.3 Å². The van der Waals surface area contributed by atoms with Crippen LogP contribution in [0.5, 0.6) is 5.88 Å². The molecule has 40 heavy (non-hydrogen) atoms. The van der Waals surface area contributed by atoms with Crippen molar-refractivity contribution in [1.82, 2.24) is 24.6 Å². The lowest BCUT2D eigenvalue weighted by atomic mass is 9.96. The number of amides is 2. The number of nitrogens with zero attached hydrogens (tertiary/aromatic N) is 5. The van der Waals surface area contributed by atoms with E-state index < -0.39 is 30.6 Å². The number of benzene rings is 1. The number of ether oxygens (including phenoxy) is 1. The highest BCUT2D eigenvalue weighted by atomic mass is 35.5. The van der Waals surface area contributed by atoms with Crippen molar-refractivity contribution in [3.05, 3.63) is 74.7 Å². The molecular formula is C26H23Cl2F2N5O5. The van der Waals surface area contributed by atoms with E-state index in [0.29, 0.717) is 33.8 Å². The lowest BCUT2D eigenvalue weighted by Gasteiger charge is -2.37. The standard InChI is InChI=1S/C26H23Cl2F2N5O5/c1-12-7-19-16(10-33(12)23(36)14-3-5-17(27)18(28)8-14)22-24(37)34(11-20(25(38)39)35(22)32-19)13(2)15-4-6-21(31-9-15)40-26(29)30/h3-6,8-9,12-13,20,26H,7,10-11H2,1-2H3,(H,38,39)/t12-,13?,20+/m1/s1. The third kappa shape index (κ3) is 4.97. The molecule has 0 aliphatic carbocycles. The van der Waals surface area contributed by atoms with Crippen molar-refractivity contribution in [2.75, 3.05) is 6.54 Å². The van der Waals surface area contributed by atoms with Gasteiger partial charge < -0.3 is 19.6 Å². The minimum atomic E-state index is -3.03. The van der Waals surface area contributed by atoms with E-state index in [2.05, 4.69) is 14.8 Å². The first-order valence-corrected chi connectivity index (χ1v) is 13.0. The molecule has 3 atom stereocenters. The minimum absolute atomic E-state index is 0.0342. The van der Waals surface area contributed by atoms with Gasteiger partial charge in [0.05, 0.1) is 34.9 Å². The van der Waals surface area contributed by atoms with Crippen LogP contribution in [0.3, 0.4) is 0 Å². The van der Waals surface area contributed by atoms with Crippen molar-refractivity contribution in [3.8, 4) is 5.88 Å². The van der Waals surface area contributed by atoms with Crippen LogP contribution in [-0.2, 0) is 17.8 Å². The molecule has 0 saturated carbocycles. The number of halogens is 4. The second kappa shape index (κ2) is 10.7. The Labute approximate surface area is 237 Å². The highest BCUT2D eigenvalue weighted by Crippen LogP contribution is 2.36. The fraction of sp³-hybridized carbons (Fsp3) is 0.346. The third-order valence-electron chi connectivity index (χ3n) is 7.20. The summed E-state index contributed by atoms with van der Waals surface area (Å²) >= 11 is 12.1. The molecule has 1 N–H and O–H groups in total. The van der Waals surface area contributed by atoms with Crippen LogP contribution in [0.4, 0.5) is 8.78 Å². The molecule has 2 amide bonds. The van der Waals surface area contributed by atoms with Crippen LogP contribution in [0.15, 0.2) is 36.5 Å². The number of carbonyl (C=O) groups excluding carboxylic acids is 2. The van der Waals surface area contributed by atoms with Crippen LogP contribution < -0.4 is 4.74 Å². The van der Waals surface area contributed by atoms with E-state index >= 15 is 0 Å². The van der Waals surface area contributed by atoms with Crippen LogP contribution in [0.25, 0.3) is 0 Å². The summed E-state index contributed by atoms with van der Waals surface area (Å²) < 4.78 is 30.5. The van der Waals surface area contributed by atoms with Gasteiger partial charge in [0.2, 0.25) is 5.88 Å². The first kappa shape index (κ1) is 27.8. The number of carbonyl (C=O) groups is 3. The van der Waals surface area contributed by atoms with Gasteiger partial charge in [0.25, 0.3) is 11.8 Å². The predicted octanol–water partition coefficient (Wildman–Crippen LogP) is 4.62. The Morgan fingerprint density at radius 1 is 1.18 bits per heavy atom. The van der Waals surface area contributed by atoms with Gasteiger partial charge in [0.15, 0.2) is 6.04 Å². The number of carboxylic acids is 1. The van der Waals surface area contributed by atoms with Gasteiger partial charge in [0.1, 0.15) is 5.69 Å². The zero-order chi connectivity index (χ0) is 28.9. The van der Waals surface area contributed by atoms with E-state index in [1.54, 1.807) is 17.9 Å². The van der Waals surface area contributed by atoms with Gasteiger partial charge in [-0.3, -0.25) is 9.59 Å². The number of carboxylic acid groups (broad SMARTS) is 1. The summed E-state index contributed by atoms with van der Waals surface area (Å²) in [5, 5.41) is 15.1. The summed E-state index contributed by atoms with van der Waals surface area (Å²) in [6.07, 6.45) is 1.61. The molecule has 14 heteroatoms. The molecule has 210 valence electrons. The van der Waals surface area contributed by atoms with Crippen molar-refractivity contribution < 1.29 is 33.0 Å². The highest BCUT2D eigenvalue weighted by molar-refractivity contribution is 6.42. The molecule has 1 aromatic carbocycles. The summed E-state index contributed by atoms with van der Waals surface area (Å²) in [5.41, 5.74) is 1.92. The maximum absolute atomic E-state index is 13.8. The topological polar surface area (TPSA) is 118 Å². The number of hydrogen-bond acceptors (Lipinski definition) is 6. The first-order chi connectivity index (χ1) is 19.0. The molecular weight excluding hydrogens is 571 g/mol. The number of aliphatic carboxylic acids is 1. The Balaban J connectivity index is 1.48. The summed E-state index contributed by atoms with van der Waals surface area (Å²) in [7, 11) is 0. The Hall–Kier alpha value is -3.77. The second-order valence-electron chi connectivity index (χ2n) is 9.63. The molecule has 5 rings (SSSR count). The van der Waals surface area contributed by atoms with Gasteiger partial charge >= 0.3 is 12.6 Å². The van der Waals surface area contributed by atoms with Gasteiger partial charge in [-0.2, -0.15) is 13.9 Å². The minimum Gasteiger partial charge on any atom is -0.480 e. The molecule has 0 saturated heterocycles. The Morgan fingerprint density at radius 2 is 1.93 bits per heavy atom. The normalized spacial score (nSPS) is 19.3. The van der Waals surface area contributed by atoms with E-state index in [1.165, 1.54) is 40.0 Å². The molecule has 2 aliphatic heterocycles. The summed E-state index contributed by atoms with van der Waals surface area (Å²) in [6, 6.07) is 5.18. The summed E-state index contributed by atoms with van der Waals surface area (Å²) in [6.45, 7) is 0.345. The second-order valence-corrected chi connectivity index (χ2v) is 10.4. The summed E-state index contributed by atoms with van der Waals surface area (Å²) in [4.78, 5) is 46.4. The molecule has 10 nitrogen and oxygen atoms in total. The number of rotatable bonds is 6. The van der Waals surface area contributed by atoms with Crippen molar-refractivity contribution in [2.24, 2.45) is 0 Å². The fourth-order valence-corrected chi connectivity index (χ4v) is 5.36. The molecule has 2 aromatic heterocycles. The number of aromatic nitrogens is 3. The van der Waals surface area contributed by atoms with Gasteiger partial charge in [-0.05, 0) is 37.6 Å². The first-order valence-electron chi connectivity index (χ1n) is 12.3. The molecule has 0 spiro atoms. The summed E-state index contributed by atoms with van der Waals surface area (Å²) in [5.74, 6) is -2.26. The highest BCUT2D eigenvalue weighted by Gasteiger charge is 2.43. The van der Waals surface area contributed by atoms with E-state index in [4.69, 9.17) is 23.2 Å². The third-order valence-corrected chi connectivity index (χ3v) is 7.94. The van der Waals surface area contributed by atoms with Gasteiger partial charge in [-0.25, -0.2) is 14.5 Å². The van der Waals surface area contributed by atoms with Crippen LogP contribution in [0, 0.1) is 0 Å². The van der Waals surface area contributed by atoms with Crippen LogP contribution >= 0.6 is 23.2 Å². The van der Waals surface area contributed by atoms with Crippen molar-refractivity contribution >= 4 is 41.0 Å². The Kier molecular flexibility index (Phi) is 7.40. The van der Waals surface area contributed by atoms with Gasteiger partial charge in [-0.15, -0.1) is 0 Å². The quantitative estimate of drug-likeness (QED) is 0.443. The van der Waals surface area contributed by atoms with E-state index in [1.807, 2.05) is 6.92 Å². The van der Waals surface area contributed by atoms with Crippen molar-refractivity contribution in [2.45, 2.75) is 51.6 Å². The fourth-order valence-electron chi connectivity index (χ4n) is 5.06. The zero-order valence-corrected chi connectivity index (χ0v) is 22.7. The largest absolute Gasteiger partial charge is 0.480 e. The van der Waals surface area contributed by atoms with Crippen LogP contribution in [-0.4, -0.2) is 66.7 Å². The molecule has 4 heterocycles. The smallest absolute Gasteiger partial charge is 0.388 e. The van der Waals surface area contributed by atoms with E-state index in [0.717, 1.165) is 0 Å². The lowest BCUT2D eigenvalue weighted by molar-refractivity contribution is -0.142. The average molecular weight is 594 g/mol. The number of hydrogen-bond donors (Lipinski definition) is 1. The number of fused-ring (bicyclic) bond motifs is 3. The van der Waals surface area contributed by atoms with Crippen molar-refractivity contribution in [1.29, 1.82) is 0 Å². The van der Waals surface area contributed by atoms with Gasteiger partial charge in [0, 0.05) is 35.9 Å². The zero-order valence-electron chi connectivity index (χ0n) is 21.2. The molecule has 1 unspecified atom stereocenters. The maximum Gasteiger partial charge on any atom is 0.388 e. The molecule has 2 aliphatic rings. The average Bonchev–Trinajstić information content (AvgIpc) is 3.27. The van der Waals surface area contributed by atoms with Crippen molar-refractivity contribution in [3.63, 3.8) is 0 Å². The molecule has 0 radical (unpaired) electrons. The lowest BCUT2D eigenvalue weighted by Crippen LogP contribution is -2.47. The molecule has 0 fully saturated rings. The maximum atomic E-state index is 13.8. The SMILES string of the molecule is CC(c1ccc(OC(F)F)nc1)N1C[C@@H](C(=O)O)n2nc3c(c2C1=O)CN(C(=O)c1ccc(Cl)c(Cl)c1)[C@H](C)C3. The molecule has 0 bridgehead atoms. The number of alkyl halides is 2. The predicted molar refractivity (Wildman–Crippen MR) is 139 cm³/mol.